The molecular weight excluding hydrogens is 620 g/mol. The lowest BCUT2D eigenvalue weighted by atomic mass is 10.1. The average molecular weight is 662 g/mol. The van der Waals surface area contributed by atoms with Gasteiger partial charge in [-0.05, 0) is 51.5 Å². The molecule has 10 nitrogen and oxygen atoms in total. The van der Waals surface area contributed by atoms with Crippen molar-refractivity contribution in [1.82, 2.24) is 19.4 Å². The molecule has 0 spiro atoms. The van der Waals surface area contributed by atoms with Gasteiger partial charge in [0.1, 0.15) is 28.7 Å². The Morgan fingerprint density at radius 1 is 0.875 bits per heavy atom. The lowest BCUT2D eigenvalue weighted by Crippen LogP contribution is -2.51. The molecule has 2 N–H and O–H groups in total. The van der Waals surface area contributed by atoms with Crippen LogP contribution in [0.3, 0.4) is 0 Å². The second-order valence-electron chi connectivity index (χ2n) is 12.9. The Balaban J connectivity index is 1.54. The lowest BCUT2D eigenvalue weighted by molar-refractivity contribution is 0.0497. The largest absolute Gasteiger partial charge is 0.508 e. The van der Waals surface area contributed by atoms with Crippen molar-refractivity contribution in [3.63, 3.8) is 0 Å². The summed E-state index contributed by atoms with van der Waals surface area (Å²) >= 11 is 0. The van der Waals surface area contributed by atoms with Crippen molar-refractivity contribution >= 4 is 11.8 Å². The Labute approximate surface area is 277 Å². The molecule has 1 saturated heterocycles. The summed E-state index contributed by atoms with van der Waals surface area (Å²) in [6.45, 7) is 8.55. The number of aromatic hydroxyl groups is 1. The van der Waals surface area contributed by atoms with E-state index < -0.39 is 47.2 Å². The van der Waals surface area contributed by atoms with Crippen molar-refractivity contribution in [3.8, 4) is 5.75 Å². The van der Waals surface area contributed by atoms with Gasteiger partial charge in [-0.3, -0.25) is 18.8 Å². The van der Waals surface area contributed by atoms with Crippen molar-refractivity contribution in [2.75, 3.05) is 31.1 Å². The molecular formula is C36H41F2N5O5. The summed E-state index contributed by atoms with van der Waals surface area (Å²) in [6, 6.07) is 18.6. The highest BCUT2D eigenvalue weighted by Gasteiger charge is 2.28. The summed E-state index contributed by atoms with van der Waals surface area (Å²) in [4.78, 5) is 45.4. The van der Waals surface area contributed by atoms with Gasteiger partial charge in [0.25, 0.3) is 5.56 Å². The summed E-state index contributed by atoms with van der Waals surface area (Å²) in [5.74, 6) is -1.42. The van der Waals surface area contributed by atoms with E-state index in [0.29, 0.717) is 38.3 Å². The van der Waals surface area contributed by atoms with E-state index in [2.05, 4.69) is 10.2 Å². The number of anilines is 1. The molecule has 254 valence electrons. The minimum atomic E-state index is -0.851. The molecule has 2 heterocycles. The van der Waals surface area contributed by atoms with Crippen LogP contribution in [0.25, 0.3) is 0 Å². The van der Waals surface area contributed by atoms with Crippen LogP contribution in [0.4, 0.5) is 19.3 Å². The molecule has 12 heteroatoms. The van der Waals surface area contributed by atoms with Crippen LogP contribution in [0.5, 0.6) is 5.75 Å². The molecule has 48 heavy (non-hydrogen) atoms. The van der Waals surface area contributed by atoms with E-state index in [9.17, 15) is 28.3 Å². The first-order chi connectivity index (χ1) is 22.8. The number of piperazine rings is 1. The number of rotatable bonds is 9. The fourth-order valence-corrected chi connectivity index (χ4v) is 5.91. The maximum Gasteiger partial charge on any atom is 0.408 e. The number of hydrogen-bond donors (Lipinski definition) is 2. The van der Waals surface area contributed by atoms with Gasteiger partial charge >= 0.3 is 11.8 Å². The second kappa shape index (κ2) is 14.4. The molecule has 0 aliphatic carbocycles. The number of benzene rings is 3. The first kappa shape index (κ1) is 34.4. The highest BCUT2D eigenvalue weighted by Crippen LogP contribution is 2.23. The van der Waals surface area contributed by atoms with E-state index in [0.717, 1.165) is 22.3 Å². The molecule has 1 atom stereocenters. The maximum absolute atomic E-state index is 14.9. The number of amides is 1. The first-order valence-electron chi connectivity index (χ1n) is 15.9. The summed E-state index contributed by atoms with van der Waals surface area (Å²) in [7, 11) is 0. The summed E-state index contributed by atoms with van der Waals surface area (Å²) in [5, 5.41) is 13.1. The SMILES string of the molecule is Cc1c(N2CCN(Cc3ccccc3O)CC2)c(=O)n(CC(NC(=O)OC(C)(C)C)c2ccccc2)c(=O)n1Cc1c(F)cccc1F. The Morgan fingerprint density at radius 3 is 2.12 bits per heavy atom. The van der Waals surface area contributed by atoms with Crippen LogP contribution in [0.2, 0.25) is 0 Å². The number of phenolic OH excluding ortho intramolecular Hbond substituents is 1. The summed E-state index contributed by atoms with van der Waals surface area (Å²) < 4.78 is 37.5. The van der Waals surface area contributed by atoms with E-state index in [1.165, 1.54) is 10.6 Å². The van der Waals surface area contributed by atoms with Gasteiger partial charge < -0.3 is 20.1 Å². The molecule has 0 radical (unpaired) electrons. The second-order valence-corrected chi connectivity index (χ2v) is 12.9. The quantitative estimate of drug-likeness (QED) is 0.262. The molecule has 1 unspecified atom stereocenters. The minimum absolute atomic E-state index is 0.207. The van der Waals surface area contributed by atoms with Crippen molar-refractivity contribution < 1.29 is 23.4 Å². The Kier molecular flexibility index (Phi) is 10.3. The average Bonchev–Trinajstić information content (AvgIpc) is 3.03. The molecule has 0 saturated carbocycles. The van der Waals surface area contributed by atoms with Gasteiger partial charge in [-0.2, -0.15) is 0 Å². The zero-order valence-electron chi connectivity index (χ0n) is 27.6. The summed E-state index contributed by atoms with van der Waals surface area (Å²) in [5.41, 5.74) is -0.532. The predicted octanol–water partition coefficient (Wildman–Crippen LogP) is 4.94. The van der Waals surface area contributed by atoms with Gasteiger partial charge in [0.15, 0.2) is 0 Å². The zero-order chi connectivity index (χ0) is 34.6. The molecule has 0 bridgehead atoms. The highest BCUT2D eigenvalue weighted by atomic mass is 19.1. The molecule has 5 rings (SSSR count). The van der Waals surface area contributed by atoms with Crippen molar-refractivity contribution in [2.24, 2.45) is 0 Å². The highest BCUT2D eigenvalue weighted by molar-refractivity contribution is 5.68. The van der Waals surface area contributed by atoms with Crippen molar-refractivity contribution in [1.29, 1.82) is 0 Å². The first-order valence-corrected chi connectivity index (χ1v) is 15.9. The molecule has 1 fully saturated rings. The molecule has 4 aromatic rings. The molecule has 1 aliphatic rings. The van der Waals surface area contributed by atoms with E-state index in [1.807, 2.05) is 17.0 Å². The number of halogens is 2. The number of phenols is 1. The normalized spacial score (nSPS) is 14.5. The van der Waals surface area contributed by atoms with Crippen LogP contribution in [-0.2, 0) is 24.4 Å². The van der Waals surface area contributed by atoms with Crippen LogP contribution in [0.1, 0.15) is 49.2 Å². The van der Waals surface area contributed by atoms with E-state index in [-0.39, 0.29) is 29.2 Å². The summed E-state index contributed by atoms with van der Waals surface area (Å²) in [6.07, 6.45) is -0.730. The minimum Gasteiger partial charge on any atom is -0.508 e. The van der Waals surface area contributed by atoms with Crippen LogP contribution in [0, 0.1) is 18.6 Å². The van der Waals surface area contributed by atoms with Gasteiger partial charge in [0.2, 0.25) is 0 Å². The Hall–Kier alpha value is -4.97. The van der Waals surface area contributed by atoms with Gasteiger partial charge in [-0.25, -0.2) is 18.4 Å². The molecule has 1 aliphatic heterocycles. The van der Waals surface area contributed by atoms with Crippen LogP contribution < -0.4 is 21.5 Å². The number of nitrogens with one attached hydrogen (secondary N) is 1. The molecule has 3 aromatic carbocycles. The third-order valence-corrected chi connectivity index (χ3v) is 8.37. The van der Waals surface area contributed by atoms with E-state index in [4.69, 9.17) is 4.74 Å². The third kappa shape index (κ3) is 7.93. The number of alkyl carbamates (subject to hydrolysis) is 1. The number of carbonyl (C=O) groups is 1. The van der Waals surface area contributed by atoms with Crippen LogP contribution in [-0.4, -0.2) is 57.0 Å². The monoisotopic (exact) mass is 661 g/mol. The third-order valence-electron chi connectivity index (χ3n) is 8.37. The maximum atomic E-state index is 14.9. The number of nitrogens with zero attached hydrogens (tertiary/aromatic N) is 4. The molecule has 1 aromatic heterocycles. The van der Waals surface area contributed by atoms with Gasteiger partial charge in [-0.15, -0.1) is 0 Å². The fraction of sp³-hybridized carbons (Fsp3) is 0.361. The van der Waals surface area contributed by atoms with Gasteiger partial charge in [-0.1, -0.05) is 54.6 Å². The Morgan fingerprint density at radius 2 is 1.50 bits per heavy atom. The van der Waals surface area contributed by atoms with Gasteiger partial charge in [0.05, 0.1) is 19.1 Å². The number of para-hydroxylation sites is 1. The van der Waals surface area contributed by atoms with Crippen molar-refractivity contribution in [3.05, 3.63) is 128 Å². The molecule has 1 amide bonds. The lowest BCUT2D eigenvalue weighted by Gasteiger charge is -2.37. The van der Waals surface area contributed by atoms with E-state index in [1.54, 1.807) is 70.2 Å². The standard InChI is InChI=1S/C36H41F2N5O5/c1-24-32(41-19-17-40(18-20-41)21-26-13-8-9-16-31(26)44)33(45)43(35(47)42(24)22-27-28(37)14-10-15-29(27)38)23-30(25-11-6-5-7-12-25)39-34(46)48-36(2,3)4/h5-16,30,44H,17-23H2,1-4H3,(H,39,46). The topological polar surface area (TPSA) is 109 Å². The van der Waals surface area contributed by atoms with Crippen LogP contribution in [0.15, 0.2) is 82.4 Å². The fourth-order valence-electron chi connectivity index (χ4n) is 5.91. The zero-order valence-corrected chi connectivity index (χ0v) is 27.6. The number of carbonyl (C=O) groups excluding carboxylic acids is 1. The smallest absolute Gasteiger partial charge is 0.408 e. The number of hydrogen-bond acceptors (Lipinski definition) is 7. The van der Waals surface area contributed by atoms with Crippen molar-refractivity contribution in [2.45, 2.75) is 59.0 Å². The number of ether oxygens (including phenoxy) is 1. The predicted molar refractivity (Wildman–Crippen MR) is 179 cm³/mol. The number of aromatic nitrogens is 2. The van der Waals surface area contributed by atoms with Gasteiger partial charge in [0, 0.05) is 49.5 Å². The van der Waals surface area contributed by atoms with E-state index >= 15 is 0 Å². The van der Waals surface area contributed by atoms with Crippen LogP contribution >= 0.6 is 0 Å². The Bertz CT molecular complexity index is 1860.